The number of piperidine rings is 1. The van der Waals surface area contributed by atoms with Crippen LogP contribution in [0.4, 0.5) is 5.82 Å². The fraction of sp³-hybridized carbons (Fsp3) is 0.571. The van der Waals surface area contributed by atoms with Crippen molar-refractivity contribution in [3.8, 4) is 0 Å². The number of rotatable bonds is 7. The van der Waals surface area contributed by atoms with Gasteiger partial charge in [-0.15, -0.1) is 12.4 Å². The zero-order valence-electron chi connectivity index (χ0n) is 22.7. The van der Waals surface area contributed by atoms with E-state index in [2.05, 4.69) is 36.6 Å². The summed E-state index contributed by atoms with van der Waals surface area (Å²) < 4.78 is 2.00. The molecular formula is C28H39Cl2N7O. The number of fused-ring (bicyclic) bond motifs is 1. The van der Waals surface area contributed by atoms with E-state index in [4.69, 9.17) is 32.4 Å². The monoisotopic (exact) mass is 559 g/mol. The Morgan fingerprint density at radius 1 is 1.24 bits per heavy atom. The molecule has 1 aromatic carbocycles. The summed E-state index contributed by atoms with van der Waals surface area (Å²) in [4.78, 5) is 26.3. The van der Waals surface area contributed by atoms with Crippen molar-refractivity contribution in [2.75, 3.05) is 24.5 Å². The van der Waals surface area contributed by atoms with Gasteiger partial charge >= 0.3 is 0 Å². The SMILES string of the molecule is Cc1cc(Cl)ccc1C(C)n1nc(C)c2ncc(N3CCC(N4CCCC4CCC(N)=O)C(C)C3)nc21.Cl. The van der Waals surface area contributed by atoms with Crippen LogP contribution in [0.25, 0.3) is 11.2 Å². The summed E-state index contributed by atoms with van der Waals surface area (Å²) >= 11 is 6.20. The quantitative estimate of drug-likeness (QED) is 0.434. The molecule has 5 rings (SSSR count). The lowest BCUT2D eigenvalue weighted by atomic mass is 9.91. The molecule has 3 aromatic rings. The Labute approximate surface area is 236 Å². The summed E-state index contributed by atoms with van der Waals surface area (Å²) in [7, 11) is 0. The van der Waals surface area contributed by atoms with Crippen molar-refractivity contribution in [1.29, 1.82) is 0 Å². The van der Waals surface area contributed by atoms with Gasteiger partial charge in [0, 0.05) is 36.6 Å². The number of benzene rings is 1. The minimum atomic E-state index is -0.196. The van der Waals surface area contributed by atoms with Crippen molar-refractivity contribution in [2.24, 2.45) is 11.7 Å². The maximum Gasteiger partial charge on any atom is 0.217 e. The van der Waals surface area contributed by atoms with Crippen molar-refractivity contribution in [3.05, 3.63) is 46.2 Å². The molecule has 2 saturated heterocycles. The molecule has 38 heavy (non-hydrogen) atoms. The lowest BCUT2D eigenvalue weighted by molar-refractivity contribution is -0.118. The van der Waals surface area contributed by atoms with Crippen molar-refractivity contribution in [2.45, 2.75) is 77.9 Å². The zero-order valence-corrected chi connectivity index (χ0v) is 24.3. The molecule has 4 atom stereocenters. The molecule has 0 saturated carbocycles. The molecule has 0 radical (unpaired) electrons. The third-order valence-electron chi connectivity index (χ3n) is 8.36. The molecule has 2 aliphatic heterocycles. The fourth-order valence-corrected chi connectivity index (χ4v) is 6.68. The first-order valence-electron chi connectivity index (χ1n) is 13.5. The summed E-state index contributed by atoms with van der Waals surface area (Å²) in [6.45, 7) is 11.5. The lowest BCUT2D eigenvalue weighted by Gasteiger charge is -2.43. The number of primary amides is 1. The molecule has 4 heterocycles. The van der Waals surface area contributed by atoms with Gasteiger partial charge in [0.15, 0.2) is 5.65 Å². The van der Waals surface area contributed by atoms with Gasteiger partial charge < -0.3 is 10.6 Å². The normalized spacial score (nSPS) is 23.0. The summed E-state index contributed by atoms with van der Waals surface area (Å²) in [5.74, 6) is 1.20. The Balaban J connectivity index is 0.00000336. The molecule has 0 bridgehead atoms. The predicted molar refractivity (Wildman–Crippen MR) is 155 cm³/mol. The van der Waals surface area contributed by atoms with Gasteiger partial charge in [-0.25, -0.2) is 14.6 Å². The minimum Gasteiger partial charge on any atom is -0.370 e. The van der Waals surface area contributed by atoms with Gasteiger partial charge in [-0.3, -0.25) is 9.69 Å². The molecule has 2 fully saturated rings. The van der Waals surface area contributed by atoms with E-state index in [1.54, 1.807) is 0 Å². The smallest absolute Gasteiger partial charge is 0.217 e. The van der Waals surface area contributed by atoms with E-state index >= 15 is 0 Å². The highest BCUT2D eigenvalue weighted by molar-refractivity contribution is 6.30. The molecule has 8 nitrogen and oxygen atoms in total. The first-order chi connectivity index (χ1) is 17.7. The van der Waals surface area contributed by atoms with Crippen LogP contribution in [-0.4, -0.2) is 62.3 Å². The Morgan fingerprint density at radius 3 is 2.74 bits per heavy atom. The highest BCUT2D eigenvalue weighted by Crippen LogP contribution is 2.33. The number of aryl methyl sites for hydroxylation is 2. The highest BCUT2D eigenvalue weighted by atomic mass is 35.5. The van der Waals surface area contributed by atoms with Crippen LogP contribution in [0.3, 0.4) is 0 Å². The Morgan fingerprint density at radius 2 is 2.03 bits per heavy atom. The maximum atomic E-state index is 11.3. The summed E-state index contributed by atoms with van der Waals surface area (Å²) in [5.41, 5.74) is 10.3. The molecule has 1 amide bonds. The number of halogens is 2. The van der Waals surface area contributed by atoms with E-state index in [1.165, 1.54) is 12.0 Å². The fourth-order valence-electron chi connectivity index (χ4n) is 6.45. The van der Waals surface area contributed by atoms with Gasteiger partial charge in [-0.05, 0) is 82.2 Å². The number of nitrogens with two attached hydrogens (primary N) is 1. The predicted octanol–water partition coefficient (Wildman–Crippen LogP) is 5.07. The van der Waals surface area contributed by atoms with Crippen LogP contribution in [-0.2, 0) is 4.79 Å². The third-order valence-corrected chi connectivity index (χ3v) is 8.60. The first-order valence-corrected chi connectivity index (χ1v) is 13.9. The Bertz CT molecular complexity index is 1300. The van der Waals surface area contributed by atoms with E-state index in [-0.39, 0.29) is 24.4 Å². The molecule has 0 aliphatic carbocycles. The number of nitrogens with zero attached hydrogens (tertiary/aromatic N) is 6. The molecule has 4 unspecified atom stereocenters. The van der Waals surface area contributed by atoms with Crippen LogP contribution in [0.1, 0.15) is 68.8 Å². The van der Waals surface area contributed by atoms with E-state index in [0.717, 1.165) is 72.2 Å². The summed E-state index contributed by atoms with van der Waals surface area (Å²) in [5, 5.41) is 5.57. The maximum absolute atomic E-state index is 11.3. The van der Waals surface area contributed by atoms with Gasteiger partial charge in [-0.1, -0.05) is 24.6 Å². The molecule has 10 heteroatoms. The van der Waals surface area contributed by atoms with Crippen molar-refractivity contribution in [3.63, 3.8) is 0 Å². The van der Waals surface area contributed by atoms with Crippen LogP contribution < -0.4 is 10.6 Å². The first kappa shape index (κ1) is 28.6. The number of carbonyl (C=O) groups is 1. The molecule has 2 N–H and O–H groups in total. The van der Waals surface area contributed by atoms with E-state index in [0.29, 0.717) is 24.4 Å². The van der Waals surface area contributed by atoms with Crippen LogP contribution in [0, 0.1) is 19.8 Å². The van der Waals surface area contributed by atoms with Crippen LogP contribution in [0.2, 0.25) is 5.02 Å². The average molecular weight is 561 g/mol. The van der Waals surface area contributed by atoms with Gasteiger partial charge in [0.2, 0.25) is 5.91 Å². The molecule has 206 valence electrons. The Kier molecular flexibility index (Phi) is 8.85. The summed E-state index contributed by atoms with van der Waals surface area (Å²) in [6, 6.07) is 7.00. The number of likely N-dealkylation sites (tertiary alicyclic amines) is 1. The third kappa shape index (κ3) is 5.63. The lowest BCUT2D eigenvalue weighted by Crippen LogP contribution is -2.52. The van der Waals surface area contributed by atoms with Gasteiger partial charge in [0.25, 0.3) is 0 Å². The van der Waals surface area contributed by atoms with Crippen LogP contribution >= 0.6 is 24.0 Å². The summed E-state index contributed by atoms with van der Waals surface area (Å²) in [6.07, 6.45) is 6.69. The second kappa shape index (κ2) is 11.8. The van der Waals surface area contributed by atoms with Crippen molar-refractivity contribution < 1.29 is 4.79 Å². The standard InChI is InChI=1S/C28H38ClN7O.ClH/c1-17-14-21(29)7-9-23(17)20(4)36-28-27(19(3)33-36)31-15-26(32-28)34-13-11-24(18(2)16-34)35-12-5-6-22(35)8-10-25(30)37;/h7,9,14-15,18,20,22,24H,5-6,8,10-13,16H2,1-4H3,(H2,30,37);1H. The Hall–Kier alpha value is -2.42. The van der Waals surface area contributed by atoms with Crippen molar-refractivity contribution in [1.82, 2.24) is 24.6 Å². The number of amides is 1. The number of aromatic nitrogens is 4. The minimum absolute atomic E-state index is 0. The van der Waals surface area contributed by atoms with Crippen LogP contribution in [0.5, 0.6) is 0 Å². The molecular weight excluding hydrogens is 521 g/mol. The molecule has 0 spiro atoms. The van der Waals surface area contributed by atoms with E-state index < -0.39 is 0 Å². The van der Waals surface area contributed by atoms with Gasteiger partial charge in [0.05, 0.1) is 17.9 Å². The van der Waals surface area contributed by atoms with Crippen LogP contribution in [0.15, 0.2) is 24.4 Å². The number of carbonyl (C=O) groups excluding carboxylic acids is 1. The number of hydrogen-bond donors (Lipinski definition) is 1. The largest absolute Gasteiger partial charge is 0.370 e. The molecule has 2 aliphatic rings. The van der Waals surface area contributed by atoms with Gasteiger partial charge in [0.1, 0.15) is 11.3 Å². The van der Waals surface area contributed by atoms with Crippen molar-refractivity contribution >= 4 is 46.9 Å². The molecule has 2 aromatic heterocycles. The topological polar surface area (TPSA) is 93.2 Å². The second-order valence-corrected chi connectivity index (χ2v) is 11.4. The van der Waals surface area contributed by atoms with Gasteiger partial charge in [-0.2, -0.15) is 5.10 Å². The number of anilines is 1. The second-order valence-electron chi connectivity index (χ2n) is 10.9. The number of hydrogen-bond acceptors (Lipinski definition) is 6. The highest BCUT2D eigenvalue weighted by Gasteiger charge is 2.37. The van der Waals surface area contributed by atoms with E-state index in [9.17, 15) is 4.79 Å². The zero-order chi connectivity index (χ0) is 26.3. The van der Waals surface area contributed by atoms with E-state index in [1.807, 2.05) is 29.9 Å². The average Bonchev–Trinajstić information content (AvgIpc) is 3.46.